The standard InChI is InChI=1S/C18H27BrFNO/c1-2-3-4-5-6-7-8-9-10-11-18(22)21-17-13-12-15(19)14-16(17)20/h12-14H,2-11H2,1H3,(H,21,22). The van der Waals surface area contributed by atoms with E-state index < -0.39 is 5.82 Å². The van der Waals surface area contributed by atoms with Crippen LogP contribution in [-0.2, 0) is 4.79 Å². The molecule has 1 aromatic carbocycles. The highest BCUT2D eigenvalue weighted by molar-refractivity contribution is 9.10. The Bertz CT molecular complexity index is 451. The van der Waals surface area contributed by atoms with Gasteiger partial charge in [-0.1, -0.05) is 74.2 Å². The van der Waals surface area contributed by atoms with E-state index in [9.17, 15) is 9.18 Å². The van der Waals surface area contributed by atoms with Gasteiger partial charge in [0.05, 0.1) is 5.69 Å². The Kier molecular flexibility index (Phi) is 10.1. The molecule has 0 aliphatic rings. The molecule has 1 N–H and O–H groups in total. The van der Waals surface area contributed by atoms with Gasteiger partial charge in [-0.25, -0.2) is 4.39 Å². The molecule has 124 valence electrons. The predicted octanol–water partition coefficient (Wildman–Crippen LogP) is 6.45. The van der Waals surface area contributed by atoms with Crippen molar-refractivity contribution < 1.29 is 9.18 Å². The molecule has 0 radical (unpaired) electrons. The Morgan fingerprint density at radius 2 is 1.64 bits per heavy atom. The number of anilines is 1. The van der Waals surface area contributed by atoms with Crippen LogP contribution in [0.25, 0.3) is 0 Å². The average molecular weight is 372 g/mol. The largest absolute Gasteiger partial charge is 0.324 e. The van der Waals surface area contributed by atoms with E-state index in [1.165, 1.54) is 51.0 Å². The number of hydrogen-bond donors (Lipinski definition) is 1. The van der Waals surface area contributed by atoms with Crippen molar-refractivity contribution in [3.8, 4) is 0 Å². The average Bonchev–Trinajstić information content (AvgIpc) is 2.48. The lowest BCUT2D eigenvalue weighted by molar-refractivity contribution is -0.116. The van der Waals surface area contributed by atoms with E-state index in [0.29, 0.717) is 10.9 Å². The number of benzene rings is 1. The van der Waals surface area contributed by atoms with E-state index in [2.05, 4.69) is 28.2 Å². The Hall–Kier alpha value is -0.900. The smallest absolute Gasteiger partial charge is 0.224 e. The second kappa shape index (κ2) is 11.6. The summed E-state index contributed by atoms with van der Waals surface area (Å²) in [5.74, 6) is -0.515. The topological polar surface area (TPSA) is 29.1 Å². The summed E-state index contributed by atoms with van der Waals surface area (Å²) in [6, 6.07) is 4.65. The van der Waals surface area contributed by atoms with Crippen molar-refractivity contribution in [1.82, 2.24) is 0 Å². The number of carbonyl (C=O) groups excluding carboxylic acids is 1. The highest BCUT2D eigenvalue weighted by Gasteiger charge is 2.07. The molecule has 2 nitrogen and oxygen atoms in total. The Balaban J connectivity index is 2.06. The first-order chi connectivity index (χ1) is 10.6. The molecule has 4 heteroatoms. The summed E-state index contributed by atoms with van der Waals surface area (Å²) in [7, 11) is 0. The molecule has 0 atom stereocenters. The van der Waals surface area contributed by atoms with Crippen LogP contribution in [0.15, 0.2) is 22.7 Å². The van der Waals surface area contributed by atoms with Crippen molar-refractivity contribution in [3.05, 3.63) is 28.5 Å². The highest BCUT2D eigenvalue weighted by atomic mass is 79.9. The van der Waals surface area contributed by atoms with Crippen molar-refractivity contribution in [3.63, 3.8) is 0 Å². The van der Waals surface area contributed by atoms with Gasteiger partial charge in [0.15, 0.2) is 0 Å². The van der Waals surface area contributed by atoms with Crippen LogP contribution in [-0.4, -0.2) is 5.91 Å². The molecule has 0 spiro atoms. The van der Waals surface area contributed by atoms with Crippen LogP contribution < -0.4 is 5.32 Å². The maximum Gasteiger partial charge on any atom is 0.224 e. The number of hydrogen-bond acceptors (Lipinski definition) is 1. The summed E-state index contributed by atoms with van der Waals surface area (Å²) >= 11 is 3.20. The molecule has 0 unspecified atom stereocenters. The zero-order valence-corrected chi connectivity index (χ0v) is 15.1. The van der Waals surface area contributed by atoms with E-state index in [0.717, 1.165) is 12.8 Å². The van der Waals surface area contributed by atoms with E-state index in [1.807, 2.05) is 0 Å². The minimum atomic E-state index is -0.408. The first-order valence-corrected chi connectivity index (χ1v) is 9.17. The van der Waals surface area contributed by atoms with Gasteiger partial charge in [0.25, 0.3) is 0 Å². The molecule has 0 aromatic heterocycles. The number of carbonyl (C=O) groups is 1. The first kappa shape index (κ1) is 19.1. The van der Waals surface area contributed by atoms with Crippen LogP contribution in [0.3, 0.4) is 0 Å². The quantitative estimate of drug-likeness (QED) is 0.445. The molecule has 0 bridgehead atoms. The van der Waals surface area contributed by atoms with Gasteiger partial charge in [0.2, 0.25) is 5.91 Å². The van der Waals surface area contributed by atoms with Gasteiger partial charge in [0.1, 0.15) is 5.82 Å². The first-order valence-electron chi connectivity index (χ1n) is 8.38. The molecule has 1 rings (SSSR count). The summed E-state index contributed by atoms with van der Waals surface area (Å²) in [5.41, 5.74) is 0.254. The molecule has 0 saturated heterocycles. The maximum atomic E-state index is 13.6. The zero-order valence-electron chi connectivity index (χ0n) is 13.5. The Labute approximate surface area is 142 Å². The summed E-state index contributed by atoms with van der Waals surface area (Å²) in [5, 5.41) is 2.63. The van der Waals surface area contributed by atoms with Crippen LogP contribution in [0.4, 0.5) is 10.1 Å². The van der Waals surface area contributed by atoms with E-state index in [1.54, 1.807) is 12.1 Å². The van der Waals surface area contributed by atoms with Gasteiger partial charge in [-0.2, -0.15) is 0 Å². The fourth-order valence-electron chi connectivity index (χ4n) is 2.40. The number of rotatable bonds is 11. The van der Waals surface area contributed by atoms with Crippen LogP contribution in [0.1, 0.15) is 71.1 Å². The third kappa shape index (κ3) is 8.52. The summed E-state index contributed by atoms with van der Waals surface area (Å²) in [6.45, 7) is 2.23. The summed E-state index contributed by atoms with van der Waals surface area (Å²) in [4.78, 5) is 11.8. The van der Waals surface area contributed by atoms with Crippen LogP contribution in [0.5, 0.6) is 0 Å². The van der Waals surface area contributed by atoms with Gasteiger partial charge in [0, 0.05) is 10.9 Å². The van der Waals surface area contributed by atoms with Gasteiger partial charge < -0.3 is 5.32 Å². The molecule has 0 heterocycles. The van der Waals surface area contributed by atoms with Crippen LogP contribution in [0, 0.1) is 5.82 Å². The van der Waals surface area contributed by atoms with Gasteiger partial charge in [-0.3, -0.25) is 4.79 Å². The maximum absolute atomic E-state index is 13.6. The third-order valence-corrected chi connectivity index (χ3v) is 4.21. The number of amides is 1. The fourth-order valence-corrected chi connectivity index (χ4v) is 2.73. The van der Waals surface area contributed by atoms with Crippen LogP contribution in [0.2, 0.25) is 0 Å². The minimum Gasteiger partial charge on any atom is -0.324 e. The minimum absolute atomic E-state index is 0.107. The highest BCUT2D eigenvalue weighted by Crippen LogP contribution is 2.19. The molecule has 1 amide bonds. The second-order valence-corrected chi connectivity index (χ2v) is 6.67. The normalized spacial score (nSPS) is 10.7. The number of nitrogens with one attached hydrogen (secondary N) is 1. The number of halogens is 2. The predicted molar refractivity (Wildman–Crippen MR) is 94.6 cm³/mol. The van der Waals surface area contributed by atoms with Crippen molar-refractivity contribution in [2.45, 2.75) is 71.1 Å². The lowest BCUT2D eigenvalue weighted by atomic mass is 10.1. The molecule has 0 aliphatic carbocycles. The molecule has 1 aromatic rings. The van der Waals surface area contributed by atoms with Crippen molar-refractivity contribution in [1.29, 1.82) is 0 Å². The molecule has 0 aliphatic heterocycles. The Morgan fingerprint density at radius 3 is 2.23 bits per heavy atom. The van der Waals surface area contributed by atoms with Gasteiger partial charge in [-0.15, -0.1) is 0 Å². The summed E-state index contributed by atoms with van der Waals surface area (Å²) < 4.78 is 14.3. The summed E-state index contributed by atoms with van der Waals surface area (Å²) in [6.07, 6.45) is 11.5. The van der Waals surface area contributed by atoms with Crippen molar-refractivity contribution in [2.24, 2.45) is 0 Å². The molecule has 22 heavy (non-hydrogen) atoms. The van der Waals surface area contributed by atoms with Crippen molar-refractivity contribution >= 4 is 27.5 Å². The fraction of sp³-hybridized carbons (Fsp3) is 0.611. The second-order valence-electron chi connectivity index (χ2n) is 5.75. The van der Waals surface area contributed by atoms with E-state index in [-0.39, 0.29) is 11.6 Å². The zero-order chi connectivity index (χ0) is 16.2. The molecular formula is C18H27BrFNO. The SMILES string of the molecule is CCCCCCCCCCCC(=O)Nc1ccc(Br)cc1F. The Morgan fingerprint density at radius 1 is 1.05 bits per heavy atom. The van der Waals surface area contributed by atoms with E-state index in [4.69, 9.17) is 0 Å². The van der Waals surface area contributed by atoms with Gasteiger partial charge in [-0.05, 0) is 24.6 Å². The lowest BCUT2D eigenvalue weighted by Crippen LogP contribution is -2.12. The van der Waals surface area contributed by atoms with Crippen LogP contribution >= 0.6 is 15.9 Å². The number of unbranched alkanes of at least 4 members (excludes halogenated alkanes) is 8. The molecule has 0 saturated carbocycles. The monoisotopic (exact) mass is 371 g/mol. The molecular weight excluding hydrogens is 345 g/mol. The van der Waals surface area contributed by atoms with Crippen molar-refractivity contribution in [2.75, 3.05) is 5.32 Å². The third-order valence-electron chi connectivity index (χ3n) is 3.71. The lowest BCUT2D eigenvalue weighted by Gasteiger charge is -2.07. The van der Waals surface area contributed by atoms with E-state index >= 15 is 0 Å². The molecule has 0 fully saturated rings. The van der Waals surface area contributed by atoms with Gasteiger partial charge >= 0.3 is 0 Å².